The van der Waals surface area contributed by atoms with Crippen LogP contribution in [0.5, 0.6) is 0 Å². The summed E-state index contributed by atoms with van der Waals surface area (Å²) in [6, 6.07) is 3.60. The van der Waals surface area contributed by atoms with Crippen molar-refractivity contribution in [1.82, 2.24) is 10.3 Å². The molecule has 5 nitrogen and oxygen atoms in total. The van der Waals surface area contributed by atoms with Gasteiger partial charge in [-0.15, -0.1) is 0 Å². The van der Waals surface area contributed by atoms with E-state index < -0.39 is 0 Å². The smallest absolute Gasteiger partial charge is 0.251 e. The molecule has 1 rings (SSSR count). The zero-order valence-electron chi connectivity index (χ0n) is 13.0. The third kappa shape index (κ3) is 4.81. The maximum Gasteiger partial charge on any atom is 0.251 e. The zero-order valence-corrected chi connectivity index (χ0v) is 13.0. The van der Waals surface area contributed by atoms with Gasteiger partial charge in [0.1, 0.15) is 5.82 Å². The number of aromatic nitrogens is 1. The molecule has 0 spiro atoms. The highest BCUT2D eigenvalue weighted by Crippen LogP contribution is 2.23. The zero-order chi connectivity index (χ0) is 15.2. The second-order valence-electron chi connectivity index (χ2n) is 5.58. The second-order valence-corrected chi connectivity index (χ2v) is 5.58. The number of rotatable bonds is 6. The summed E-state index contributed by atoms with van der Waals surface area (Å²) in [6.07, 6.45) is 0. The number of carbonyl (C=O) groups excluding carboxylic acids is 1. The third-order valence-corrected chi connectivity index (χ3v) is 2.85. The molecule has 0 aliphatic heterocycles. The van der Waals surface area contributed by atoms with Crippen LogP contribution in [0.2, 0.25) is 0 Å². The van der Waals surface area contributed by atoms with Gasteiger partial charge in [-0.3, -0.25) is 4.79 Å². The van der Waals surface area contributed by atoms with Crippen LogP contribution in [0.4, 0.5) is 5.82 Å². The van der Waals surface area contributed by atoms with Gasteiger partial charge in [-0.2, -0.15) is 0 Å². The van der Waals surface area contributed by atoms with Gasteiger partial charge in [0.15, 0.2) is 0 Å². The normalized spacial score (nSPS) is 11.2. The van der Waals surface area contributed by atoms with E-state index in [4.69, 9.17) is 4.74 Å². The van der Waals surface area contributed by atoms with Gasteiger partial charge in [0.05, 0.1) is 6.61 Å². The lowest BCUT2D eigenvalue weighted by atomic mass is 9.90. The first-order valence-corrected chi connectivity index (χ1v) is 6.94. The van der Waals surface area contributed by atoms with Crippen LogP contribution in [-0.4, -0.2) is 37.7 Å². The molecule has 1 amide bonds. The third-order valence-electron chi connectivity index (χ3n) is 2.85. The van der Waals surface area contributed by atoms with Crippen molar-refractivity contribution in [1.29, 1.82) is 0 Å². The molecular weight excluding hydrogens is 254 g/mol. The van der Waals surface area contributed by atoms with Gasteiger partial charge >= 0.3 is 0 Å². The Kier molecular flexibility index (Phi) is 5.95. The summed E-state index contributed by atoms with van der Waals surface area (Å²) in [5.41, 5.74) is 1.40. The predicted octanol–water partition coefficient (Wildman–Crippen LogP) is 2.19. The molecule has 0 aliphatic carbocycles. The molecule has 1 aromatic rings. The Morgan fingerprint density at radius 2 is 2.05 bits per heavy atom. The topological polar surface area (TPSA) is 63.2 Å². The molecule has 2 N–H and O–H groups in total. The summed E-state index contributed by atoms with van der Waals surface area (Å²) in [4.78, 5) is 16.6. The van der Waals surface area contributed by atoms with E-state index in [1.165, 1.54) is 0 Å². The standard InChI is InChI=1S/C15H25N3O2/c1-6-20-8-7-17-14(19)11-9-12(15(2,3)4)18-13(10-11)16-5/h9-10H,6-8H2,1-5H3,(H,16,18)(H,17,19). The van der Waals surface area contributed by atoms with Crippen LogP contribution >= 0.6 is 0 Å². The Morgan fingerprint density at radius 3 is 2.60 bits per heavy atom. The van der Waals surface area contributed by atoms with Crippen LogP contribution < -0.4 is 10.6 Å². The Balaban J connectivity index is 2.85. The highest BCUT2D eigenvalue weighted by Gasteiger charge is 2.19. The van der Waals surface area contributed by atoms with Crippen LogP contribution in [0.15, 0.2) is 12.1 Å². The Hall–Kier alpha value is -1.62. The molecule has 0 saturated carbocycles. The lowest BCUT2D eigenvalue weighted by molar-refractivity contribution is 0.0922. The highest BCUT2D eigenvalue weighted by molar-refractivity contribution is 5.95. The average molecular weight is 279 g/mol. The molecule has 20 heavy (non-hydrogen) atoms. The molecule has 0 radical (unpaired) electrons. The number of hydrogen-bond donors (Lipinski definition) is 2. The van der Waals surface area contributed by atoms with Gasteiger partial charge in [-0.1, -0.05) is 20.8 Å². The molecule has 1 heterocycles. The van der Waals surface area contributed by atoms with E-state index in [1.807, 2.05) is 13.0 Å². The van der Waals surface area contributed by atoms with Crippen LogP contribution in [0, 0.1) is 0 Å². The maximum absolute atomic E-state index is 12.1. The number of ether oxygens (including phenoxy) is 1. The summed E-state index contributed by atoms with van der Waals surface area (Å²) in [5.74, 6) is 0.599. The van der Waals surface area contributed by atoms with Crippen molar-refractivity contribution >= 4 is 11.7 Å². The Morgan fingerprint density at radius 1 is 1.35 bits per heavy atom. The fourth-order valence-electron chi connectivity index (χ4n) is 1.66. The summed E-state index contributed by atoms with van der Waals surface area (Å²) in [7, 11) is 1.80. The fraction of sp³-hybridized carbons (Fsp3) is 0.600. The minimum absolute atomic E-state index is 0.103. The van der Waals surface area contributed by atoms with Gasteiger partial charge in [0.25, 0.3) is 5.91 Å². The monoisotopic (exact) mass is 279 g/mol. The number of anilines is 1. The summed E-state index contributed by atoms with van der Waals surface area (Å²) in [6.45, 7) is 9.85. The first-order chi connectivity index (χ1) is 9.38. The maximum atomic E-state index is 12.1. The van der Waals surface area contributed by atoms with Gasteiger partial charge in [-0.05, 0) is 19.1 Å². The minimum Gasteiger partial charge on any atom is -0.380 e. The quantitative estimate of drug-likeness (QED) is 0.784. The number of nitrogens with one attached hydrogen (secondary N) is 2. The van der Waals surface area contributed by atoms with Crippen LogP contribution in [0.25, 0.3) is 0 Å². The van der Waals surface area contributed by atoms with Crippen molar-refractivity contribution in [2.24, 2.45) is 0 Å². The second kappa shape index (κ2) is 7.24. The SMILES string of the molecule is CCOCCNC(=O)c1cc(NC)nc(C(C)(C)C)c1. The lowest BCUT2D eigenvalue weighted by Gasteiger charge is -2.19. The molecule has 0 bridgehead atoms. The van der Waals surface area contributed by atoms with Crippen molar-refractivity contribution < 1.29 is 9.53 Å². The van der Waals surface area contributed by atoms with E-state index in [0.29, 0.717) is 31.1 Å². The van der Waals surface area contributed by atoms with Gasteiger partial charge in [-0.25, -0.2) is 4.98 Å². The van der Waals surface area contributed by atoms with Crippen molar-refractivity contribution in [3.63, 3.8) is 0 Å². The summed E-state index contributed by atoms with van der Waals surface area (Å²) in [5, 5.41) is 5.84. The molecule has 0 aliphatic rings. The predicted molar refractivity (Wildman–Crippen MR) is 81.3 cm³/mol. The number of amides is 1. The van der Waals surface area contributed by atoms with Crippen molar-refractivity contribution in [2.75, 3.05) is 32.1 Å². The van der Waals surface area contributed by atoms with Crippen LogP contribution in [-0.2, 0) is 10.2 Å². The fourth-order valence-corrected chi connectivity index (χ4v) is 1.66. The lowest BCUT2D eigenvalue weighted by Crippen LogP contribution is -2.28. The summed E-state index contributed by atoms with van der Waals surface area (Å²) < 4.78 is 5.20. The van der Waals surface area contributed by atoms with E-state index in [2.05, 4.69) is 36.4 Å². The Bertz CT molecular complexity index is 453. The highest BCUT2D eigenvalue weighted by atomic mass is 16.5. The van der Waals surface area contributed by atoms with Gasteiger partial charge in [0.2, 0.25) is 0 Å². The van der Waals surface area contributed by atoms with Crippen molar-refractivity contribution in [3.05, 3.63) is 23.4 Å². The number of hydrogen-bond acceptors (Lipinski definition) is 4. The van der Waals surface area contributed by atoms with Gasteiger partial charge < -0.3 is 15.4 Å². The molecule has 112 valence electrons. The van der Waals surface area contributed by atoms with E-state index in [0.717, 1.165) is 5.69 Å². The molecular formula is C15H25N3O2. The number of carbonyl (C=O) groups is 1. The molecule has 0 unspecified atom stereocenters. The largest absolute Gasteiger partial charge is 0.380 e. The number of pyridine rings is 1. The van der Waals surface area contributed by atoms with Crippen molar-refractivity contribution in [2.45, 2.75) is 33.1 Å². The Labute approximate surface area is 121 Å². The first-order valence-electron chi connectivity index (χ1n) is 6.94. The molecule has 5 heteroatoms. The van der Waals surface area contributed by atoms with Crippen LogP contribution in [0.1, 0.15) is 43.7 Å². The molecule has 1 aromatic heterocycles. The molecule has 0 atom stereocenters. The van der Waals surface area contributed by atoms with E-state index in [9.17, 15) is 4.79 Å². The number of nitrogens with zero attached hydrogens (tertiary/aromatic N) is 1. The first kappa shape index (κ1) is 16.4. The minimum atomic E-state index is -0.104. The molecule has 0 aromatic carbocycles. The van der Waals surface area contributed by atoms with E-state index in [-0.39, 0.29) is 11.3 Å². The van der Waals surface area contributed by atoms with E-state index in [1.54, 1.807) is 13.1 Å². The van der Waals surface area contributed by atoms with Gasteiger partial charge in [0, 0.05) is 36.9 Å². The molecule has 0 saturated heterocycles. The molecule has 0 fully saturated rings. The van der Waals surface area contributed by atoms with Crippen molar-refractivity contribution in [3.8, 4) is 0 Å². The summed E-state index contributed by atoms with van der Waals surface area (Å²) >= 11 is 0. The van der Waals surface area contributed by atoms with E-state index >= 15 is 0 Å². The van der Waals surface area contributed by atoms with Crippen LogP contribution in [0.3, 0.4) is 0 Å². The average Bonchev–Trinajstić information content (AvgIpc) is 2.41.